The van der Waals surface area contributed by atoms with Crippen LogP contribution < -0.4 is 14.8 Å². The lowest BCUT2D eigenvalue weighted by Crippen LogP contribution is -2.23. The molecule has 0 radical (unpaired) electrons. The Morgan fingerprint density at radius 1 is 1.00 bits per heavy atom. The molecule has 2 aromatic carbocycles. The summed E-state index contributed by atoms with van der Waals surface area (Å²) >= 11 is 0. The first-order valence-corrected chi connectivity index (χ1v) is 8.85. The molecule has 0 spiro atoms. The van der Waals surface area contributed by atoms with Crippen molar-refractivity contribution in [2.75, 3.05) is 26.9 Å². The highest BCUT2D eigenvalue weighted by Gasteiger charge is 2.13. The minimum atomic E-state index is -1.05. The number of methoxy groups -OCH3 is 1. The van der Waals surface area contributed by atoms with E-state index in [1.807, 2.05) is 24.3 Å². The first kappa shape index (κ1) is 21.2. The summed E-state index contributed by atoms with van der Waals surface area (Å²) in [6, 6.07) is 10.8. The van der Waals surface area contributed by atoms with Crippen LogP contribution in [0.1, 0.15) is 27.0 Å². The van der Waals surface area contributed by atoms with Gasteiger partial charge >= 0.3 is 5.97 Å². The molecule has 0 atom stereocenters. The normalized spacial score (nSPS) is 10.4. The van der Waals surface area contributed by atoms with Crippen LogP contribution in [0, 0.1) is 13.8 Å². The molecule has 7 nitrogen and oxygen atoms in total. The number of amides is 1. The molecule has 0 aliphatic carbocycles. The molecule has 0 aliphatic heterocycles. The maximum atomic E-state index is 12.5. The van der Waals surface area contributed by atoms with Crippen LogP contribution in [-0.4, -0.2) is 43.9 Å². The second kappa shape index (κ2) is 10.3. The van der Waals surface area contributed by atoms with Crippen LogP contribution in [0.25, 0.3) is 0 Å². The van der Waals surface area contributed by atoms with Gasteiger partial charge in [-0.2, -0.15) is 0 Å². The number of hydrogen-bond acceptors (Lipinski definition) is 5. The van der Waals surface area contributed by atoms with Gasteiger partial charge in [-0.1, -0.05) is 12.1 Å². The highest BCUT2D eigenvalue weighted by Crippen LogP contribution is 2.25. The molecule has 2 N–H and O–H groups in total. The molecular weight excluding hydrogens is 362 g/mol. The summed E-state index contributed by atoms with van der Waals surface area (Å²) in [6.45, 7) is 4.53. The Morgan fingerprint density at radius 2 is 1.64 bits per heavy atom. The van der Waals surface area contributed by atoms with Crippen molar-refractivity contribution in [3.8, 4) is 11.5 Å². The molecule has 0 heterocycles. The summed E-state index contributed by atoms with van der Waals surface area (Å²) in [5, 5.41) is 11.6. The van der Waals surface area contributed by atoms with Crippen molar-refractivity contribution >= 4 is 11.9 Å². The van der Waals surface area contributed by atoms with Crippen molar-refractivity contribution < 1.29 is 28.9 Å². The van der Waals surface area contributed by atoms with E-state index in [1.54, 1.807) is 33.1 Å². The summed E-state index contributed by atoms with van der Waals surface area (Å²) < 4.78 is 15.7. The summed E-state index contributed by atoms with van der Waals surface area (Å²) in [6.07, 6.45) is 0. The zero-order valence-corrected chi connectivity index (χ0v) is 16.3. The van der Waals surface area contributed by atoms with E-state index in [0.717, 1.165) is 11.3 Å². The predicted octanol–water partition coefficient (Wildman–Crippen LogP) is 2.72. The van der Waals surface area contributed by atoms with E-state index in [9.17, 15) is 9.59 Å². The molecule has 28 heavy (non-hydrogen) atoms. The zero-order valence-electron chi connectivity index (χ0n) is 16.3. The van der Waals surface area contributed by atoms with Crippen LogP contribution in [0.15, 0.2) is 36.4 Å². The highest BCUT2D eigenvalue weighted by molar-refractivity contribution is 5.94. The second-order valence-corrected chi connectivity index (χ2v) is 6.29. The Labute approximate surface area is 164 Å². The fraction of sp³-hybridized carbons (Fsp3) is 0.333. The third kappa shape index (κ3) is 6.28. The number of carbonyl (C=O) groups excluding carboxylic acids is 1. The first-order valence-electron chi connectivity index (χ1n) is 8.85. The molecule has 0 aromatic heterocycles. The Hall–Kier alpha value is -3.06. The number of rotatable bonds is 10. The molecule has 0 fully saturated rings. The molecule has 1 amide bonds. The number of hydrogen-bond donors (Lipinski definition) is 2. The lowest BCUT2D eigenvalue weighted by Gasteiger charge is -2.13. The van der Waals surface area contributed by atoms with Gasteiger partial charge in [-0.25, -0.2) is 4.79 Å². The third-order valence-electron chi connectivity index (χ3n) is 4.00. The molecule has 0 bridgehead atoms. The van der Waals surface area contributed by atoms with Gasteiger partial charge in [0.1, 0.15) is 18.1 Å². The van der Waals surface area contributed by atoms with Gasteiger partial charge in [-0.15, -0.1) is 0 Å². The number of carboxylic acids is 1. The van der Waals surface area contributed by atoms with Crippen LogP contribution in [0.2, 0.25) is 0 Å². The highest BCUT2D eigenvalue weighted by atomic mass is 16.5. The van der Waals surface area contributed by atoms with Crippen molar-refractivity contribution in [1.29, 1.82) is 0 Å². The molecule has 0 aliphatic rings. The van der Waals surface area contributed by atoms with Crippen LogP contribution in [-0.2, 0) is 16.1 Å². The van der Waals surface area contributed by atoms with E-state index in [-0.39, 0.29) is 5.91 Å². The van der Waals surface area contributed by atoms with Crippen molar-refractivity contribution in [1.82, 2.24) is 5.32 Å². The lowest BCUT2D eigenvalue weighted by atomic mass is 10.0. The quantitative estimate of drug-likeness (QED) is 0.609. The maximum Gasteiger partial charge on any atom is 0.341 e. The van der Waals surface area contributed by atoms with Crippen LogP contribution >= 0.6 is 0 Å². The molecule has 0 unspecified atom stereocenters. The Bertz CT molecular complexity index is 793. The minimum absolute atomic E-state index is 0.212. The SMILES string of the molecule is COCCOc1ccc(CNC(=O)c2cc(C)c(OCC(=O)O)c(C)c2)cc1. The van der Waals surface area contributed by atoms with Gasteiger partial charge in [-0.3, -0.25) is 4.79 Å². The smallest absolute Gasteiger partial charge is 0.341 e. The van der Waals surface area contributed by atoms with E-state index in [1.165, 1.54) is 0 Å². The van der Waals surface area contributed by atoms with Gasteiger partial charge in [0.2, 0.25) is 0 Å². The number of carboxylic acid groups (broad SMARTS) is 1. The van der Waals surface area contributed by atoms with Crippen molar-refractivity contribution in [2.45, 2.75) is 20.4 Å². The second-order valence-electron chi connectivity index (χ2n) is 6.29. The number of nitrogens with one attached hydrogen (secondary N) is 1. The van der Waals surface area contributed by atoms with Crippen LogP contribution in [0.5, 0.6) is 11.5 Å². The molecule has 2 aromatic rings. The van der Waals surface area contributed by atoms with Gasteiger partial charge in [0.25, 0.3) is 5.91 Å². The molecule has 2 rings (SSSR count). The number of benzene rings is 2. The lowest BCUT2D eigenvalue weighted by molar-refractivity contribution is -0.139. The van der Waals surface area contributed by atoms with E-state index < -0.39 is 12.6 Å². The van der Waals surface area contributed by atoms with Gasteiger partial charge < -0.3 is 24.6 Å². The fourth-order valence-corrected chi connectivity index (χ4v) is 2.67. The van der Waals surface area contributed by atoms with Crippen molar-refractivity contribution in [2.24, 2.45) is 0 Å². The predicted molar refractivity (Wildman–Crippen MR) is 104 cm³/mol. The number of aryl methyl sites for hydroxylation is 2. The van der Waals surface area contributed by atoms with Crippen molar-refractivity contribution in [3.05, 3.63) is 58.7 Å². The Kier molecular flexibility index (Phi) is 7.83. The molecular formula is C21H25NO6. The van der Waals surface area contributed by atoms with Gasteiger partial charge in [0.05, 0.1) is 6.61 Å². The Balaban J connectivity index is 1.94. The minimum Gasteiger partial charge on any atom is -0.491 e. The average Bonchev–Trinajstić information content (AvgIpc) is 2.66. The fourth-order valence-electron chi connectivity index (χ4n) is 2.67. The largest absolute Gasteiger partial charge is 0.491 e. The van der Waals surface area contributed by atoms with Crippen LogP contribution in [0.3, 0.4) is 0 Å². The topological polar surface area (TPSA) is 94.1 Å². The molecule has 7 heteroatoms. The van der Waals surface area contributed by atoms with E-state index >= 15 is 0 Å². The summed E-state index contributed by atoms with van der Waals surface area (Å²) in [5.74, 6) is -0.0227. The van der Waals surface area contributed by atoms with Gasteiger partial charge in [0.15, 0.2) is 6.61 Å². The zero-order chi connectivity index (χ0) is 20.5. The summed E-state index contributed by atoms with van der Waals surface area (Å²) in [4.78, 5) is 23.1. The number of ether oxygens (including phenoxy) is 3. The number of carbonyl (C=O) groups is 2. The summed E-state index contributed by atoms with van der Waals surface area (Å²) in [5.41, 5.74) is 2.87. The average molecular weight is 387 g/mol. The Morgan fingerprint density at radius 3 is 2.21 bits per heavy atom. The monoisotopic (exact) mass is 387 g/mol. The van der Waals surface area contributed by atoms with Gasteiger partial charge in [0, 0.05) is 19.2 Å². The molecule has 150 valence electrons. The van der Waals surface area contributed by atoms with Crippen LogP contribution in [0.4, 0.5) is 0 Å². The third-order valence-corrected chi connectivity index (χ3v) is 4.00. The standard InChI is InChI=1S/C21H25NO6/c1-14-10-17(11-15(2)20(14)28-13-19(23)24)21(25)22-12-16-4-6-18(7-5-16)27-9-8-26-3/h4-7,10-11H,8-9,12-13H2,1-3H3,(H,22,25)(H,23,24). The number of aliphatic carboxylic acids is 1. The van der Waals surface area contributed by atoms with Gasteiger partial charge in [-0.05, 0) is 54.8 Å². The van der Waals surface area contributed by atoms with Crippen molar-refractivity contribution in [3.63, 3.8) is 0 Å². The maximum absolute atomic E-state index is 12.5. The summed E-state index contributed by atoms with van der Waals surface area (Å²) in [7, 11) is 1.62. The first-order chi connectivity index (χ1) is 13.4. The van der Waals surface area contributed by atoms with E-state index in [0.29, 0.717) is 42.2 Å². The molecule has 0 saturated heterocycles. The van der Waals surface area contributed by atoms with E-state index in [2.05, 4.69) is 5.32 Å². The molecule has 0 saturated carbocycles. The van der Waals surface area contributed by atoms with E-state index in [4.69, 9.17) is 19.3 Å².